The van der Waals surface area contributed by atoms with Crippen molar-refractivity contribution in [3.8, 4) is 11.6 Å². The number of ether oxygens (including phenoxy) is 1. The molecule has 3 nitrogen and oxygen atoms in total. The van der Waals surface area contributed by atoms with Crippen molar-refractivity contribution in [2.24, 2.45) is 0 Å². The number of hydrogen-bond acceptors (Lipinski definition) is 3. The highest BCUT2D eigenvalue weighted by Crippen LogP contribution is 2.57. The van der Waals surface area contributed by atoms with Gasteiger partial charge in [0.15, 0.2) is 7.14 Å². The van der Waals surface area contributed by atoms with Gasteiger partial charge in [0.1, 0.15) is 0 Å². The molecular weight excluding hydrogens is 271 g/mol. The van der Waals surface area contributed by atoms with E-state index in [1.54, 1.807) is 0 Å². The van der Waals surface area contributed by atoms with Crippen LogP contribution in [-0.4, -0.2) is 24.4 Å². The second-order valence-electron chi connectivity index (χ2n) is 5.56. The fourth-order valence-corrected chi connectivity index (χ4v) is 3.51. The van der Waals surface area contributed by atoms with Crippen LogP contribution in [0.4, 0.5) is 0 Å². The van der Waals surface area contributed by atoms with E-state index in [2.05, 4.69) is 16.3 Å². The minimum absolute atomic E-state index is 0.133. The molecule has 0 bridgehead atoms. The smallest absolute Gasteiger partial charge is 0.306 e. The first-order chi connectivity index (χ1) is 9.28. The summed E-state index contributed by atoms with van der Waals surface area (Å²) in [4.78, 5) is 11.3. The monoisotopic (exact) mass is 292 g/mol. The van der Waals surface area contributed by atoms with Gasteiger partial charge in [-0.15, -0.1) is 0 Å². The van der Waals surface area contributed by atoms with Crippen LogP contribution in [0.5, 0.6) is 0 Å². The summed E-state index contributed by atoms with van der Waals surface area (Å²) >= 11 is 0. The molecule has 0 aromatic heterocycles. The van der Waals surface area contributed by atoms with Crippen molar-refractivity contribution in [2.75, 3.05) is 13.3 Å². The number of methoxy groups -OCH3 is 1. The van der Waals surface area contributed by atoms with Crippen molar-refractivity contribution in [2.45, 2.75) is 32.3 Å². The van der Waals surface area contributed by atoms with Crippen LogP contribution in [0.25, 0.3) is 0 Å². The minimum Gasteiger partial charge on any atom is -0.469 e. The zero-order valence-corrected chi connectivity index (χ0v) is 13.4. The van der Waals surface area contributed by atoms with E-state index in [-0.39, 0.29) is 18.6 Å². The second-order valence-corrected chi connectivity index (χ2v) is 9.05. The molecule has 0 fully saturated rings. The maximum Gasteiger partial charge on any atom is 0.306 e. The van der Waals surface area contributed by atoms with Crippen molar-refractivity contribution in [1.82, 2.24) is 0 Å². The Labute approximate surface area is 121 Å². The molecule has 0 saturated carbocycles. The molecule has 0 spiro atoms. The molecular formula is C16H21O3P. The summed E-state index contributed by atoms with van der Waals surface area (Å²) in [5.74, 6) is 2.62. The van der Waals surface area contributed by atoms with Gasteiger partial charge in [-0.1, -0.05) is 44.9 Å². The van der Waals surface area contributed by atoms with Gasteiger partial charge in [0.05, 0.1) is 13.5 Å². The van der Waals surface area contributed by atoms with Gasteiger partial charge in [0, 0.05) is 16.9 Å². The van der Waals surface area contributed by atoms with Crippen LogP contribution < -0.4 is 0 Å². The lowest BCUT2D eigenvalue weighted by molar-refractivity contribution is -0.140. The zero-order chi connectivity index (χ0) is 15.2. The van der Waals surface area contributed by atoms with Gasteiger partial charge in [-0.25, -0.2) is 0 Å². The molecule has 0 amide bonds. The Morgan fingerprint density at radius 2 is 1.85 bits per heavy atom. The Morgan fingerprint density at radius 3 is 2.35 bits per heavy atom. The molecule has 1 unspecified atom stereocenters. The molecule has 1 rings (SSSR count). The molecule has 0 N–H and O–H groups in total. The van der Waals surface area contributed by atoms with E-state index >= 15 is 0 Å². The highest BCUT2D eigenvalue weighted by molar-refractivity contribution is 7.70. The third kappa shape index (κ3) is 4.54. The Bertz CT molecular complexity index is 559. The van der Waals surface area contributed by atoms with Gasteiger partial charge in [0.25, 0.3) is 0 Å². The van der Waals surface area contributed by atoms with E-state index in [9.17, 15) is 9.36 Å². The molecule has 0 aliphatic heterocycles. The fraction of sp³-hybridized carbons (Fsp3) is 0.438. The lowest BCUT2D eigenvalue weighted by Crippen LogP contribution is -2.18. The van der Waals surface area contributed by atoms with Gasteiger partial charge in [-0.05, 0) is 17.8 Å². The summed E-state index contributed by atoms with van der Waals surface area (Å²) < 4.78 is 17.7. The lowest BCUT2D eigenvalue weighted by Gasteiger charge is -2.26. The lowest BCUT2D eigenvalue weighted by atomic mass is 10.2. The summed E-state index contributed by atoms with van der Waals surface area (Å²) in [6.45, 7) is 5.68. The standard InChI is InChI=1S/C16H21O3P/c1-16(2,3)20(18,13-11-15(17)19-4)12-10-14-8-6-5-7-9-14/h5-9H,11,13H2,1-4H3. The largest absolute Gasteiger partial charge is 0.469 e. The van der Waals surface area contributed by atoms with Crippen LogP contribution >= 0.6 is 7.14 Å². The van der Waals surface area contributed by atoms with Crippen molar-refractivity contribution in [1.29, 1.82) is 0 Å². The topological polar surface area (TPSA) is 43.4 Å². The molecule has 1 aromatic rings. The van der Waals surface area contributed by atoms with Gasteiger partial charge in [-0.3, -0.25) is 4.79 Å². The van der Waals surface area contributed by atoms with Crippen LogP contribution in [0.3, 0.4) is 0 Å². The van der Waals surface area contributed by atoms with Crippen molar-refractivity contribution >= 4 is 13.1 Å². The summed E-state index contributed by atoms with van der Waals surface area (Å²) in [5.41, 5.74) is 3.76. The SMILES string of the molecule is COC(=O)CCP(=O)(C#Cc1ccccc1)C(C)(C)C. The molecule has 1 atom stereocenters. The Balaban J connectivity index is 2.99. The molecule has 4 heteroatoms. The zero-order valence-electron chi connectivity index (χ0n) is 12.5. The molecule has 0 radical (unpaired) electrons. The van der Waals surface area contributed by atoms with Crippen LogP contribution in [0.15, 0.2) is 30.3 Å². The van der Waals surface area contributed by atoms with E-state index in [0.717, 1.165) is 5.56 Å². The van der Waals surface area contributed by atoms with E-state index in [4.69, 9.17) is 0 Å². The Hall–Kier alpha value is -1.52. The number of benzene rings is 1. The third-order valence-corrected chi connectivity index (χ3v) is 6.59. The number of carbonyl (C=O) groups is 1. The van der Waals surface area contributed by atoms with Gasteiger partial charge >= 0.3 is 5.97 Å². The molecule has 108 valence electrons. The summed E-state index contributed by atoms with van der Waals surface area (Å²) in [6, 6.07) is 9.44. The maximum absolute atomic E-state index is 13.0. The highest BCUT2D eigenvalue weighted by atomic mass is 31.2. The number of carbonyl (C=O) groups excluding carboxylic acids is 1. The average molecular weight is 292 g/mol. The van der Waals surface area contributed by atoms with E-state index < -0.39 is 12.3 Å². The summed E-state index contributed by atoms with van der Waals surface area (Å²) in [6.07, 6.45) is 0.386. The van der Waals surface area contributed by atoms with E-state index in [1.807, 2.05) is 51.1 Å². The van der Waals surface area contributed by atoms with Gasteiger partial charge in [0.2, 0.25) is 0 Å². The van der Waals surface area contributed by atoms with Crippen LogP contribution in [0, 0.1) is 11.6 Å². The second kappa shape index (κ2) is 6.77. The fourth-order valence-electron chi connectivity index (χ4n) is 1.59. The predicted octanol–water partition coefficient (Wildman–Crippen LogP) is 3.72. The number of esters is 1. The molecule has 0 saturated heterocycles. The Morgan fingerprint density at radius 1 is 1.25 bits per heavy atom. The highest BCUT2D eigenvalue weighted by Gasteiger charge is 2.35. The van der Waals surface area contributed by atoms with Crippen LogP contribution in [0.1, 0.15) is 32.8 Å². The molecule has 0 aliphatic rings. The van der Waals surface area contributed by atoms with Crippen LogP contribution in [0.2, 0.25) is 0 Å². The first-order valence-electron chi connectivity index (χ1n) is 6.53. The molecule has 0 heterocycles. The van der Waals surface area contributed by atoms with Gasteiger partial charge in [-0.2, -0.15) is 0 Å². The quantitative estimate of drug-likeness (QED) is 0.484. The molecule has 0 aliphatic carbocycles. The predicted molar refractivity (Wildman–Crippen MR) is 82.2 cm³/mol. The summed E-state index contributed by atoms with van der Waals surface area (Å²) in [5, 5.41) is -0.456. The minimum atomic E-state index is -2.80. The normalized spacial score (nSPS) is 13.8. The first kappa shape index (κ1) is 16.5. The van der Waals surface area contributed by atoms with Crippen LogP contribution in [-0.2, 0) is 14.1 Å². The Kier molecular flexibility index (Phi) is 5.60. The molecule has 20 heavy (non-hydrogen) atoms. The average Bonchev–Trinajstić information content (AvgIpc) is 2.42. The maximum atomic E-state index is 13.0. The van der Waals surface area contributed by atoms with Crippen molar-refractivity contribution in [3.05, 3.63) is 35.9 Å². The number of hydrogen-bond donors (Lipinski definition) is 0. The van der Waals surface area contributed by atoms with Crippen molar-refractivity contribution in [3.63, 3.8) is 0 Å². The van der Waals surface area contributed by atoms with Crippen molar-refractivity contribution < 1.29 is 14.1 Å². The third-order valence-electron chi connectivity index (χ3n) is 3.10. The number of rotatable bonds is 3. The van der Waals surface area contributed by atoms with E-state index in [0.29, 0.717) is 0 Å². The first-order valence-corrected chi connectivity index (χ1v) is 8.42. The van der Waals surface area contributed by atoms with Gasteiger partial charge < -0.3 is 9.30 Å². The molecule has 1 aromatic carbocycles. The van der Waals surface area contributed by atoms with E-state index in [1.165, 1.54) is 7.11 Å². The summed E-state index contributed by atoms with van der Waals surface area (Å²) in [7, 11) is -1.46.